The molecular formula is C16H26N4. The van der Waals surface area contributed by atoms with Crippen LogP contribution in [0, 0.1) is 5.92 Å². The summed E-state index contributed by atoms with van der Waals surface area (Å²) in [6.45, 7) is 2.91. The number of aromatic nitrogens is 2. The summed E-state index contributed by atoms with van der Waals surface area (Å²) in [6, 6.07) is 0. The van der Waals surface area contributed by atoms with Crippen molar-refractivity contribution in [3.8, 4) is 0 Å². The molecule has 4 heteroatoms. The zero-order chi connectivity index (χ0) is 13.8. The molecule has 2 fully saturated rings. The lowest BCUT2D eigenvalue weighted by molar-refractivity contribution is 0.410. The van der Waals surface area contributed by atoms with Gasteiger partial charge in [-0.05, 0) is 49.6 Å². The van der Waals surface area contributed by atoms with Gasteiger partial charge in [-0.1, -0.05) is 19.3 Å². The smallest absolute Gasteiger partial charge is 0.225 e. The average molecular weight is 274 g/mol. The Bertz CT molecular complexity index is 403. The van der Waals surface area contributed by atoms with Gasteiger partial charge >= 0.3 is 0 Å². The maximum absolute atomic E-state index is 5.74. The molecule has 0 spiro atoms. The fraction of sp³-hybridized carbons (Fsp3) is 0.750. The molecule has 20 heavy (non-hydrogen) atoms. The van der Waals surface area contributed by atoms with Crippen molar-refractivity contribution in [2.24, 2.45) is 11.7 Å². The van der Waals surface area contributed by atoms with E-state index in [9.17, 15) is 0 Å². The lowest BCUT2D eigenvalue weighted by atomic mass is 9.85. The van der Waals surface area contributed by atoms with Crippen molar-refractivity contribution in [2.45, 2.75) is 50.9 Å². The van der Waals surface area contributed by atoms with Gasteiger partial charge in [0.25, 0.3) is 0 Å². The van der Waals surface area contributed by atoms with Crippen LogP contribution in [0.5, 0.6) is 0 Å². The highest BCUT2D eigenvalue weighted by atomic mass is 15.2. The Kier molecular flexibility index (Phi) is 4.51. The van der Waals surface area contributed by atoms with Crippen LogP contribution in [0.3, 0.4) is 0 Å². The van der Waals surface area contributed by atoms with Crippen LogP contribution in [0.1, 0.15) is 56.4 Å². The Labute approximate surface area is 121 Å². The first-order valence-electron chi connectivity index (χ1n) is 8.14. The quantitative estimate of drug-likeness (QED) is 0.920. The zero-order valence-electron chi connectivity index (χ0n) is 12.3. The molecule has 0 radical (unpaired) electrons. The Morgan fingerprint density at radius 3 is 2.25 bits per heavy atom. The van der Waals surface area contributed by atoms with Gasteiger partial charge in [0.2, 0.25) is 5.95 Å². The molecule has 1 aliphatic carbocycles. The molecule has 2 aliphatic rings. The van der Waals surface area contributed by atoms with Gasteiger partial charge in [0.05, 0.1) is 0 Å². The standard InChI is InChI=1S/C16H26N4/c17-10-13-6-8-20(9-7-13)16-18-11-15(12-19-16)14-4-2-1-3-5-14/h11-14H,1-10,17H2. The summed E-state index contributed by atoms with van der Waals surface area (Å²) in [5, 5.41) is 0. The van der Waals surface area contributed by atoms with Crippen molar-refractivity contribution in [3.05, 3.63) is 18.0 Å². The fourth-order valence-electron chi connectivity index (χ4n) is 3.51. The van der Waals surface area contributed by atoms with E-state index in [0.717, 1.165) is 25.6 Å². The van der Waals surface area contributed by atoms with Crippen LogP contribution < -0.4 is 10.6 Å². The maximum atomic E-state index is 5.74. The number of hydrogen-bond donors (Lipinski definition) is 1. The van der Waals surface area contributed by atoms with E-state index in [1.165, 1.54) is 50.5 Å². The van der Waals surface area contributed by atoms with Crippen LogP contribution in [-0.2, 0) is 0 Å². The van der Waals surface area contributed by atoms with Crippen LogP contribution in [0.25, 0.3) is 0 Å². The molecule has 3 rings (SSSR count). The van der Waals surface area contributed by atoms with Crippen molar-refractivity contribution in [1.82, 2.24) is 9.97 Å². The number of anilines is 1. The predicted octanol–water partition coefficient (Wildman–Crippen LogP) is 2.70. The molecule has 4 nitrogen and oxygen atoms in total. The SMILES string of the molecule is NCC1CCN(c2ncc(C3CCCCC3)cn2)CC1. The maximum Gasteiger partial charge on any atom is 0.225 e. The molecule has 0 atom stereocenters. The molecule has 110 valence electrons. The Morgan fingerprint density at radius 1 is 1.00 bits per heavy atom. The second kappa shape index (κ2) is 6.53. The number of piperidine rings is 1. The van der Waals surface area contributed by atoms with Crippen LogP contribution in [0.4, 0.5) is 5.95 Å². The van der Waals surface area contributed by atoms with Crippen LogP contribution >= 0.6 is 0 Å². The van der Waals surface area contributed by atoms with Crippen molar-refractivity contribution >= 4 is 5.95 Å². The first kappa shape index (κ1) is 13.8. The number of hydrogen-bond acceptors (Lipinski definition) is 4. The fourth-order valence-corrected chi connectivity index (χ4v) is 3.51. The third-order valence-electron chi connectivity index (χ3n) is 4.97. The van der Waals surface area contributed by atoms with E-state index in [4.69, 9.17) is 5.73 Å². The highest BCUT2D eigenvalue weighted by Gasteiger charge is 2.21. The summed E-state index contributed by atoms with van der Waals surface area (Å²) in [5.74, 6) is 2.29. The number of nitrogens with zero attached hydrogens (tertiary/aromatic N) is 3. The van der Waals surface area contributed by atoms with E-state index in [1.807, 2.05) is 0 Å². The molecule has 0 aromatic carbocycles. The zero-order valence-corrected chi connectivity index (χ0v) is 12.3. The van der Waals surface area contributed by atoms with E-state index in [1.54, 1.807) is 0 Å². The lowest BCUT2D eigenvalue weighted by Gasteiger charge is -2.31. The number of rotatable bonds is 3. The normalized spacial score (nSPS) is 22.1. The largest absolute Gasteiger partial charge is 0.341 e. The topological polar surface area (TPSA) is 55.0 Å². The van der Waals surface area contributed by atoms with Gasteiger partial charge in [0.1, 0.15) is 0 Å². The van der Waals surface area contributed by atoms with Gasteiger partial charge in [0, 0.05) is 25.5 Å². The third-order valence-corrected chi connectivity index (χ3v) is 4.97. The van der Waals surface area contributed by atoms with Gasteiger partial charge in [-0.2, -0.15) is 0 Å². The van der Waals surface area contributed by atoms with Gasteiger partial charge in [-0.15, -0.1) is 0 Å². The summed E-state index contributed by atoms with van der Waals surface area (Å²) in [6.07, 6.45) is 13.2. The molecule has 2 N–H and O–H groups in total. The van der Waals surface area contributed by atoms with Gasteiger partial charge in [-0.3, -0.25) is 0 Å². The minimum Gasteiger partial charge on any atom is -0.341 e. The Hall–Kier alpha value is -1.16. The van der Waals surface area contributed by atoms with Gasteiger partial charge < -0.3 is 10.6 Å². The van der Waals surface area contributed by atoms with Gasteiger partial charge in [0.15, 0.2) is 0 Å². The molecule has 1 saturated heterocycles. The second-order valence-corrected chi connectivity index (χ2v) is 6.32. The summed E-state index contributed by atoms with van der Waals surface area (Å²) in [5.41, 5.74) is 7.08. The molecule has 1 aromatic rings. The molecule has 1 aliphatic heterocycles. The molecule has 1 aromatic heterocycles. The minimum atomic E-state index is 0.688. The minimum absolute atomic E-state index is 0.688. The molecule has 0 amide bonds. The molecule has 0 bridgehead atoms. The number of nitrogens with two attached hydrogens (primary N) is 1. The van der Waals surface area contributed by atoms with Crippen LogP contribution in [-0.4, -0.2) is 29.6 Å². The van der Waals surface area contributed by atoms with Crippen molar-refractivity contribution < 1.29 is 0 Å². The summed E-state index contributed by atoms with van der Waals surface area (Å²) < 4.78 is 0. The Morgan fingerprint density at radius 2 is 1.65 bits per heavy atom. The van der Waals surface area contributed by atoms with Crippen LogP contribution in [0.15, 0.2) is 12.4 Å². The molecular weight excluding hydrogens is 248 g/mol. The Balaban J connectivity index is 1.61. The second-order valence-electron chi connectivity index (χ2n) is 6.32. The molecule has 1 saturated carbocycles. The highest BCUT2D eigenvalue weighted by Crippen LogP contribution is 2.32. The van der Waals surface area contributed by atoms with E-state index < -0.39 is 0 Å². The summed E-state index contributed by atoms with van der Waals surface area (Å²) >= 11 is 0. The van der Waals surface area contributed by atoms with Crippen molar-refractivity contribution in [1.29, 1.82) is 0 Å². The predicted molar refractivity (Wildman–Crippen MR) is 81.8 cm³/mol. The van der Waals surface area contributed by atoms with Crippen molar-refractivity contribution in [3.63, 3.8) is 0 Å². The summed E-state index contributed by atoms with van der Waals surface area (Å²) in [7, 11) is 0. The van der Waals surface area contributed by atoms with E-state index in [-0.39, 0.29) is 0 Å². The first-order chi connectivity index (χ1) is 9.86. The van der Waals surface area contributed by atoms with E-state index >= 15 is 0 Å². The van der Waals surface area contributed by atoms with E-state index in [2.05, 4.69) is 27.3 Å². The van der Waals surface area contributed by atoms with Crippen molar-refractivity contribution in [2.75, 3.05) is 24.5 Å². The van der Waals surface area contributed by atoms with Gasteiger partial charge in [-0.25, -0.2) is 9.97 Å². The average Bonchev–Trinajstić information content (AvgIpc) is 2.56. The van der Waals surface area contributed by atoms with Crippen LogP contribution in [0.2, 0.25) is 0 Å². The van der Waals surface area contributed by atoms with E-state index in [0.29, 0.717) is 11.8 Å². The lowest BCUT2D eigenvalue weighted by Crippen LogP contribution is -2.37. The third kappa shape index (κ3) is 3.11. The molecule has 2 heterocycles. The monoisotopic (exact) mass is 274 g/mol. The molecule has 0 unspecified atom stereocenters. The summed E-state index contributed by atoms with van der Waals surface area (Å²) in [4.78, 5) is 11.5. The first-order valence-corrected chi connectivity index (χ1v) is 8.14. The highest BCUT2D eigenvalue weighted by molar-refractivity contribution is 5.31.